The molecule has 58 heavy (non-hydrogen) atoms. The second-order valence-corrected chi connectivity index (χ2v) is 14.0. The van der Waals surface area contributed by atoms with E-state index in [1.165, 1.54) is 0 Å². The van der Waals surface area contributed by atoms with E-state index >= 15 is 0 Å². The van der Waals surface area contributed by atoms with Crippen LogP contribution in [0.5, 0.6) is 34.9 Å². The molecule has 0 bridgehead atoms. The standard InChI is InChI=1S/3C15H13NO3.Al/c3*1-9(15(17)18)10-4-5-13-12(7-10)8-11-3-2-6-16-14(11)19-13;/h3*2-7,9H,8H2,1H3,(H,17,18);/q;;;+3/p-3. The summed E-state index contributed by atoms with van der Waals surface area (Å²) in [4.78, 5) is 45.3. The second kappa shape index (κ2) is 17.7. The number of benzene rings is 3. The summed E-state index contributed by atoms with van der Waals surface area (Å²) in [5.74, 6) is -1.01. The van der Waals surface area contributed by atoms with Crippen molar-refractivity contribution in [1.29, 1.82) is 0 Å². The largest absolute Gasteiger partial charge is 3.00 e. The van der Waals surface area contributed by atoms with Gasteiger partial charge in [0.15, 0.2) is 0 Å². The molecule has 3 aliphatic rings. The van der Waals surface area contributed by atoms with Crippen molar-refractivity contribution in [3.8, 4) is 34.9 Å². The van der Waals surface area contributed by atoms with Crippen LogP contribution in [-0.2, 0) is 33.6 Å². The second-order valence-electron chi connectivity index (χ2n) is 14.0. The zero-order chi connectivity index (χ0) is 40.2. The van der Waals surface area contributed by atoms with E-state index in [9.17, 15) is 29.7 Å². The molecule has 3 aromatic heterocycles. The maximum atomic E-state index is 10.9. The number of aromatic nitrogens is 3. The van der Waals surface area contributed by atoms with E-state index in [0.29, 0.717) is 36.9 Å². The number of fused-ring (bicyclic) bond motifs is 6. The molecule has 6 aromatic rings. The Balaban J connectivity index is 0.000000145. The van der Waals surface area contributed by atoms with E-state index in [-0.39, 0.29) is 17.4 Å². The van der Waals surface area contributed by atoms with Crippen LogP contribution in [-0.4, -0.2) is 50.2 Å². The number of pyridine rings is 3. The van der Waals surface area contributed by atoms with Gasteiger partial charge in [-0.1, -0.05) is 75.4 Å². The zero-order valence-electron chi connectivity index (χ0n) is 31.8. The van der Waals surface area contributed by atoms with Gasteiger partial charge in [0.1, 0.15) is 17.2 Å². The Kier molecular flexibility index (Phi) is 12.6. The van der Waals surface area contributed by atoms with E-state index < -0.39 is 35.7 Å². The first-order chi connectivity index (χ1) is 27.4. The normalized spacial score (nSPS) is 13.7. The van der Waals surface area contributed by atoms with Crippen molar-refractivity contribution in [1.82, 2.24) is 15.0 Å². The quantitative estimate of drug-likeness (QED) is 0.215. The topological polar surface area (TPSA) is 187 Å². The number of hydrogen-bond donors (Lipinski definition) is 0. The minimum Gasteiger partial charge on any atom is -0.550 e. The smallest absolute Gasteiger partial charge is 0.550 e. The van der Waals surface area contributed by atoms with Crippen molar-refractivity contribution in [3.05, 3.63) is 160 Å². The molecule has 3 aliphatic heterocycles. The van der Waals surface area contributed by atoms with E-state index in [1.54, 1.807) is 75.8 Å². The third-order valence-electron chi connectivity index (χ3n) is 10.1. The summed E-state index contributed by atoms with van der Waals surface area (Å²) in [7, 11) is 0. The first-order valence-electron chi connectivity index (χ1n) is 18.3. The average Bonchev–Trinajstić information content (AvgIpc) is 3.23. The minimum absolute atomic E-state index is 0. The molecule has 0 N–H and O–H groups in total. The molecular formula is C45H36AlN3O9. The summed E-state index contributed by atoms with van der Waals surface area (Å²) >= 11 is 0. The monoisotopic (exact) mass is 789 g/mol. The number of carboxylic acids is 3. The van der Waals surface area contributed by atoms with Gasteiger partial charge in [0, 0.05) is 90.2 Å². The summed E-state index contributed by atoms with van der Waals surface area (Å²) in [6.07, 6.45) is 7.17. The molecule has 0 fully saturated rings. The minimum atomic E-state index is -1.07. The van der Waals surface area contributed by atoms with Gasteiger partial charge in [-0.2, -0.15) is 0 Å². The Hall–Kier alpha value is -6.55. The van der Waals surface area contributed by atoms with Crippen LogP contribution < -0.4 is 29.5 Å². The van der Waals surface area contributed by atoms with Crippen LogP contribution in [0.15, 0.2) is 110 Å². The van der Waals surface area contributed by atoms with E-state index in [2.05, 4.69) is 15.0 Å². The van der Waals surface area contributed by atoms with Gasteiger partial charge < -0.3 is 43.9 Å². The van der Waals surface area contributed by atoms with Crippen molar-refractivity contribution in [3.63, 3.8) is 0 Å². The van der Waals surface area contributed by atoms with Gasteiger partial charge in [-0.05, 0) is 69.8 Å². The Morgan fingerprint density at radius 3 is 1.00 bits per heavy atom. The third kappa shape index (κ3) is 9.02. The summed E-state index contributed by atoms with van der Waals surface area (Å²) in [6, 6.07) is 27.7. The molecule has 0 saturated heterocycles. The molecular weight excluding hydrogens is 753 g/mol. The summed E-state index contributed by atoms with van der Waals surface area (Å²) in [5, 5.41) is 32.7. The summed E-state index contributed by atoms with van der Waals surface area (Å²) < 4.78 is 17.1. The zero-order valence-corrected chi connectivity index (χ0v) is 33.0. The molecule has 3 unspecified atom stereocenters. The van der Waals surface area contributed by atoms with Crippen molar-refractivity contribution >= 4 is 35.3 Å². The van der Waals surface area contributed by atoms with Crippen LogP contribution in [0, 0.1) is 0 Å². The van der Waals surface area contributed by atoms with Gasteiger partial charge in [-0.15, -0.1) is 0 Å². The molecule has 0 spiro atoms. The van der Waals surface area contributed by atoms with E-state index in [1.807, 2.05) is 54.6 Å². The number of ether oxygens (including phenoxy) is 3. The van der Waals surface area contributed by atoms with Crippen molar-refractivity contribution in [2.24, 2.45) is 0 Å². The Morgan fingerprint density at radius 1 is 0.466 bits per heavy atom. The average molecular weight is 790 g/mol. The summed E-state index contributed by atoms with van der Waals surface area (Å²) in [6.45, 7) is 4.86. The fourth-order valence-electron chi connectivity index (χ4n) is 6.61. The van der Waals surface area contributed by atoms with Crippen molar-refractivity contribution < 1.29 is 43.9 Å². The molecule has 13 heteroatoms. The Morgan fingerprint density at radius 2 is 0.741 bits per heavy atom. The molecule has 0 saturated carbocycles. The van der Waals surface area contributed by atoms with Crippen LogP contribution in [0.25, 0.3) is 0 Å². The molecule has 3 atom stereocenters. The molecule has 0 amide bonds. The number of aliphatic carboxylic acids is 3. The first-order valence-corrected chi connectivity index (χ1v) is 18.3. The number of carbonyl (C=O) groups is 3. The van der Waals surface area contributed by atoms with Crippen LogP contribution in [0.2, 0.25) is 0 Å². The predicted octanol–water partition coefficient (Wildman–Crippen LogP) is 4.51. The van der Waals surface area contributed by atoms with Gasteiger partial charge in [0.2, 0.25) is 17.6 Å². The predicted molar refractivity (Wildman–Crippen MR) is 207 cm³/mol. The number of carboxylic acid groups (broad SMARTS) is 3. The Labute approximate surface area is 345 Å². The first kappa shape index (κ1) is 41.1. The molecule has 0 aliphatic carbocycles. The SMILES string of the molecule is CC(C(=O)[O-])c1ccc2c(c1)Cc1cccnc1O2.CC(C(=O)[O-])c1ccc2c(c1)Cc1cccnc1O2.CC(C(=O)[O-])c1ccc2c(c1)Cc1cccnc1O2.[Al+3]. The number of hydrogen-bond acceptors (Lipinski definition) is 12. The number of carbonyl (C=O) groups excluding carboxylic acids is 3. The molecule has 6 heterocycles. The maximum Gasteiger partial charge on any atom is 3.00 e. The molecule has 0 radical (unpaired) electrons. The van der Waals surface area contributed by atoms with Gasteiger partial charge in [-0.25, -0.2) is 15.0 Å². The fraction of sp³-hybridized carbons (Fsp3) is 0.200. The Bertz CT molecular complexity index is 2240. The summed E-state index contributed by atoms with van der Waals surface area (Å²) in [5.41, 5.74) is 8.15. The van der Waals surface area contributed by atoms with Crippen LogP contribution >= 0.6 is 0 Å². The van der Waals surface area contributed by atoms with Gasteiger partial charge in [-0.3, -0.25) is 0 Å². The van der Waals surface area contributed by atoms with Crippen molar-refractivity contribution in [2.75, 3.05) is 0 Å². The van der Waals surface area contributed by atoms with E-state index in [4.69, 9.17) is 14.2 Å². The van der Waals surface area contributed by atoms with Gasteiger partial charge in [0.05, 0.1) is 0 Å². The van der Waals surface area contributed by atoms with Gasteiger partial charge >= 0.3 is 17.4 Å². The van der Waals surface area contributed by atoms with Crippen LogP contribution in [0.3, 0.4) is 0 Å². The van der Waals surface area contributed by atoms with Crippen LogP contribution in [0.1, 0.15) is 88.6 Å². The van der Waals surface area contributed by atoms with E-state index in [0.717, 1.165) is 67.3 Å². The molecule has 9 rings (SSSR count). The third-order valence-corrected chi connectivity index (χ3v) is 10.1. The molecule has 3 aromatic carbocycles. The molecule has 12 nitrogen and oxygen atoms in total. The fourth-order valence-corrected chi connectivity index (χ4v) is 6.61. The molecule has 288 valence electrons. The van der Waals surface area contributed by atoms with Gasteiger partial charge in [0.25, 0.3) is 0 Å². The van der Waals surface area contributed by atoms with Crippen LogP contribution in [0.4, 0.5) is 0 Å². The number of rotatable bonds is 6. The maximum absolute atomic E-state index is 10.9. The number of nitrogens with zero attached hydrogens (tertiary/aromatic N) is 3. The van der Waals surface area contributed by atoms with Crippen molar-refractivity contribution in [2.45, 2.75) is 57.8 Å².